The first-order chi connectivity index (χ1) is 18.6. The molecule has 3 aromatic heterocycles. The van der Waals surface area contributed by atoms with Crippen LogP contribution < -0.4 is 20.5 Å². The van der Waals surface area contributed by atoms with Crippen molar-refractivity contribution in [3.05, 3.63) is 76.8 Å². The fourth-order valence-corrected chi connectivity index (χ4v) is 4.94. The molecule has 2 aromatic carbocycles. The second kappa shape index (κ2) is 11.2. The van der Waals surface area contributed by atoms with Crippen LogP contribution in [-0.4, -0.2) is 56.5 Å². The molecule has 0 saturated heterocycles. The topological polar surface area (TPSA) is 150 Å². The van der Waals surface area contributed by atoms with Crippen molar-refractivity contribution in [1.29, 1.82) is 0 Å². The van der Waals surface area contributed by atoms with Crippen LogP contribution in [-0.2, 0) is 13.2 Å². The third kappa shape index (κ3) is 5.41. The van der Waals surface area contributed by atoms with Gasteiger partial charge in [-0.3, -0.25) is 4.79 Å². The fourth-order valence-electron chi connectivity index (χ4n) is 3.87. The van der Waals surface area contributed by atoms with Gasteiger partial charge in [0.15, 0.2) is 0 Å². The molecule has 0 fully saturated rings. The molecular formula is C26H25N7O4S. The maximum atomic E-state index is 12.5. The van der Waals surface area contributed by atoms with Crippen LogP contribution in [0.3, 0.4) is 0 Å². The molecule has 0 saturated carbocycles. The number of nitrogens with one attached hydrogen (secondary N) is 1. The van der Waals surface area contributed by atoms with E-state index in [1.807, 2.05) is 53.9 Å². The molecule has 11 nitrogen and oxygen atoms in total. The van der Waals surface area contributed by atoms with Gasteiger partial charge < -0.3 is 25.6 Å². The molecule has 0 unspecified atom stereocenters. The first-order valence-electron chi connectivity index (χ1n) is 11.7. The molecule has 0 aliphatic rings. The summed E-state index contributed by atoms with van der Waals surface area (Å²) in [4.78, 5) is 18.2. The summed E-state index contributed by atoms with van der Waals surface area (Å²) in [5, 5.41) is 27.1. The average Bonchev–Trinajstić information content (AvgIpc) is 3.59. The summed E-state index contributed by atoms with van der Waals surface area (Å²) in [5.41, 5.74) is 9.17. The van der Waals surface area contributed by atoms with Gasteiger partial charge in [-0.1, -0.05) is 24.3 Å². The van der Waals surface area contributed by atoms with E-state index < -0.39 is 0 Å². The highest BCUT2D eigenvalue weighted by Crippen LogP contribution is 2.33. The molecule has 12 heteroatoms. The lowest BCUT2D eigenvalue weighted by Crippen LogP contribution is -2.26. The molecule has 5 aromatic rings. The number of methoxy groups -OCH3 is 1. The lowest BCUT2D eigenvalue weighted by Gasteiger charge is -2.09. The van der Waals surface area contributed by atoms with E-state index >= 15 is 0 Å². The van der Waals surface area contributed by atoms with Crippen LogP contribution in [0, 0.1) is 0 Å². The normalized spacial score (nSPS) is 11.0. The van der Waals surface area contributed by atoms with E-state index in [0.717, 1.165) is 27.1 Å². The fraction of sp³-hybridized carbons (Fsp3) is 0.192. The molecule has 0 radical (unpaired) electrons. The van der Waals surface area contributed by atoms with E-state index in [1.165, 1.54) is 22.3 Å². The summed E-state index contributed by atoms with van der Waals surface area (Å²) < 4.78 is 12.0. The minimum absolute atomic E-state index is 0.144. The Morgan fingerprint density at radius 2 is 2.03 bits per heavy atom. The van der Waals surface area contributed by atoms with Crippen LogP contribution in [0.25, 0.3) is 21.5 Å². The van der Waals surface area contributed by atoms with Gasteiger partial charge in [-0.15, -0.1) is 21.5 Å². The number of anilines is 1. The highest BCUT2D eigenvalue weighted by molar-refractivity contribution is 7.17. The van der Waals surface area contributed by atoms with Gasteiger partial charge in [-0.25, -0.2) is 4.98 Å². The Labute approximate surface area is 221 Å². The van der Waals surface area contributed by atoms with Gasteiger partial charge in [0.05, 0.1) is 30.5 Å². The first kappa shape index (κ1) is 25.1. The van der Waals surface area contributed by atoms with Crippen LogP contribution in [0.5, 0.6) is 11.5 Å². The molecule has 5 rings (SSSR count). The highest BCUT2D eigenvalue weighted by atomic mass is 32.1. The van der Waals surface area contributed by atoms with Crippen molar-refractivity contribution in [1.82, 2.24) is 30.5 Å². The molecule has 38 heavy (non-hydrogen) atoms. The number of aliphatic hydroxyl groups is 1. The number of nitrogens with zero attached hydrogens (tertiary/aromatic N) is 5. The Morgan fingerprint density at radius 3 is 2.82 bits per heavy atom. The lowest BCUT2D eigenvalue weighted by atomic mass is 10.1. The zero-order valence-electron chi connectivity index (χ0n) is 20.5. The average molecular weight is 532 g/mol. The molecule has 0 aliphatic heterocycles. The number of aliphatic hydroxyl groups excluding tert-OH is 1. The summed E-state index contributed by atoms with van der Waals surface area (Å²) in [6, 6.07) is 15.1. The molecule has 3 heterocycles. The van der Waals surface area contributed by atoms with Gasteiger partial charge in [-0.05, 0) is 40.4 Å². The molecule has 1 amide bonds. The quantitative estimate of drug-likeness (QED) is 0.247. The number of nitrogens with two attached hydrogens (primary N) is 1. The number of rotatable bonds is 10. The van der Waals surface area contributed by atoms with E-state index in [4.69, 9.17) is 20.3 Å². The standard InChI is InChI=1S/C26H25N7O4S/c1-36-19-7-5-16(6-8-19)13-33-31-25(30-32-33)17-3-2-4-20(11-17)37-14-18-15-38-23-21(26(35)28-9-10-34)12-29-24(27)22(18)23/h2-8,11-12,15,34H,9-10,13-14H2,1H3,(H2,27,29)(H,28,35). The number of benzene rings is 2. The van der Waals surface area contributed by atoms with Crippen molar-refractivity contribution in [3.63, 3.8) is 0 Å². The number of hydrogen-bond donors (Lipinski definition) is 3. The number of nitrogen functional groups attached to an aromatic ring is 1. The number of amides is 1. The summed E-state index contributed by atoms with van der Waals surface area (Å²) in [6.07, 6.45) is 1.45. The van der Waals surface area contributed by atoms with Crippen LogP contribution >= 0.6 is 11.3 Å². The Kier molecular flexibility index (Phi) is 7.43. The van der Waals surface area contributed by atoms with Crippen molar-refractivity contribution in [2.24, 2.45) is 0 Å². The Hall–Kier alpha value is -4.55. The van der Waals surface area contributed by atoms with Crippen LogP contribution in [0.2, 0.25) is 0 Å². The molecule has 0 aliphatic carbocycles. The second-order valence-corrected chi connectivity index (χ2v) is 9.19. The predicted molar refractivity (Wildman–Crippen MR) is 143 cm³/mol. The number of fused-ring (bicyclic) bond motifs is 1. The molecule has 0 spiro atoms. The monoisotopic (exact) mass is 531 g/mol. The third-order valence-corrected chi connectivity index (χ3v) is 6.83. The minimum atomic E-state index is -0.314. The Morgan fingerprint density at radius 1 is 1.18 bits per heavy atom. The zero-order valence-corrected chi connectivity index (χ0v) is 21.3. The van der Waals surface area contributed by atoms with Crippen LogP contribution in [0.1, 0.15) is 21.5 Å². The molecule has 0 atom stereocenters. The van der Waals surface area contributed by atoms with E-state index in [0.29, 0.717) is 34.9 Å². The largest absolute Gasteiger partial charge is 0.497 e. The lowest BCUT2D eigenvalue weighted by molar-refractivity contribution is 0.0946. The smallest absolute Gasteiger partial charge is 0.254 e. The molecule has 194 valence electrons. The Balaban J connectivity index is 1.30. The maximum Gasteiger partial charge on any atom is 0.254 e. The van der Waals surface area contributed by atoms with Crippen molar-refractivity contribution >= 4 is 33.1 Å². The molecule has 4 N–H and O–H groups in total. The molecule has 0 bridgehead atoms. The van der Waals surface area contributed by atoms with Gasteiger partial charge in [0.2, 0.25) is 5.82 Å². The number of hydrogen-bond acceptors (Lipinski definition) is 10. The van der Waals surface area contributed by atoms with Crippen LogP contribution in [0.15, 0.2) is 60.1 Å². The SMILES string of the molecule is COc1ccc(Cn2nnc(-c3cccc(OCc4csc5c(C(=O)NCCO)cnc(N)c45)c3)n2)cc1. The van der Waals surface area contributed by atoms with Crippen molar-refractivity contribution in [3.8, 4) is 22.9 Å². The van der Waals surface area contributed by atoms with E-state index in [9.17, 15) is 4.79 Å². The number of tetrazole rings is 1. The van der Waals surface area contributed by atoms with Crippen molar-refractivity contribution in [2.45, 2.75) is 13.2 Å². The van der Waals surface area contributed by atoms with Gasteiger partial charge >= 0.3 is 0 Å². The third-order valence-electron chi connectivity index (χ3n) is 5.77. The number of aromatic nitrogens is 5. The van der Waals surface area contributed by atoms with Gasteiger partial charge in [0, 0.05) is 29.3 Å². The van der Waals surface area contributed by atoms with E-state index in [1.54, 1.807) is 7.11 Å². The van der Waals surface area contributed by atoms with Gasteiger partial charge in [0.1, 0.15) is 23.9 Å². The minimum Gasteiger partial charge on any atom is -0.497 e. The van der Waals surface area contributed by atoms with Gasteiger partial charge in [-0.2, -0.15) is 4.80 Å². The van der Waals surface area contributed by atoms with E-state index in [-0.39, 0.29) is 25.7 Å². The van der Waals surface area contributed by atoms with Crippen molar-refractivity contribution < 1.29 is 19.4 Å². The maximum absolute atomic E-state index is 12.5. The zero-order chi connectivity index (χ0) is 26.5. The van der Waals surface area contributed by atoms with Gasteiger partial charge in [0.25, 0.3) is 5.91 Å². The predicted octanol–water partition coefficient (Wildman–Crippen LogP) is 2.89. The first-order valence-corrected chi connectivity index (χ1v) is 12.6. The summed E-state index contributed by atoms with van der Waals surface area (Å²) in [7, 11) is 1.63. The number of thiophene rings is 1. The van der Waals surface area contributed by atoms with Crippen molar-refractivity contribution in [2.75, 3.05) is 26.0 Å². The number of ether oxygens (including phenoxy) is 2. The molecular weight excluding hydrogens is 506 g/mol. The summed E-state index contributed by atoms with van der Waals surface area (Å²) in [6.45, 7) is 0.726. The second-order valence-electron chi connectivity index (χ2n) is 8.31. The highest BCUT2D eigenvalue weighted by Gasteiger charge is 2.17. The summed E-state index contributed by atoms with van der Waals surface area (Å²) in [5.74, 6) is 1.90. The van der Waals surface area contributed by atoms with E-state index in [2.05, 4.69) is 25.7 Å². The summed E-state index contributed by atoms with van der Waals surface area (Å²) >= 11 is 1.40. The van der Waals surface area contributed by atoms with Crippen LogP contribution in [0.4, 0.5) is 5.82 Å². The number of pyridine rings is 1. The number of carbonyl (C=O) groups is 1. The number of carbonyl (C=O) groups excluding carboxylic acids is 1. The Bertz CT molecular complexity index is 1570.